The van der Waals surface area contributed by atoms with Gasteiger partial charge in [0.1, 0.15) is 0 Å². The van der Waals surface area contributed by atoms with Gasteiger partial charge in [0, 0.05) is 46.9 Å². The van der Waals surface area contributed by atoms with Gasteiger partial charge in [-0.1, -0.05) is 44.7 Å². The minimum Gasteiger partial charge on any atom is -0.464 e. The van der Waals surface area contributed by atoms with Gasteiger partial charge in [-0.2, -0.15) is 0 Å². The summed E-state index contributed by atoms with van der Waals surface area (Å²) < 4.78 is 4.45. The first-order valence-electron chi connectivity index (χ1n) is 9.41. The highest BCUT2D eigenvalue weighted by atomic mass is 32.1. The van der Waals surface area contributed by atoms with Gasteiger partial charge in [0.05, 0.1) is 12.1 Å². The normalized spacial score (nSPS) is 9.68. The molecule has 3 N–H and O–H groups in total. The molecule has 7 nitrogen and oxygen atoms in total. The van der Waals surface area contributed by atoms with E-state index in [1.54, 1.807) is 11.6 Å². The Morgan fingerprint density at radius 3 is 2.42 bits per heavy atom. The number of Topliss-reactive ketones (excluding diaryl/α,β-unsaturated/α-hetero) is 1. The number of para-hydroxylation sites is 1. The van der Waals surface area contributed by atoms with Crippen LogP contribution in [0, 0.1) is 12.3 Å². The van der Waals surface area contributed by atoms with Crippen LogP contribution < -0.4 is 0 Å². The van der Waals surface area contributed by atoms with Crippen molar-refractivity contribution in [1.29, 1.82) is 5.41 Å². The molecule has 2 aromatic heterocycles. The monoisotopic (exact) mass is 443 g/mol. The van der Waals surface area contributed by atoms with E-state index >= 15 is 0 Å². The predicted octanol–water partition coefficient (Wildman–Crippen LogP) is 4.99. The fourth-order valence-electron chi connectivity index (χ4n) is 2.30. The average Bonchev–Trinajstić information content (AvgIpc) is 3.46. The number of hydrogen-bond acceptors (Lipinski definition) is 7. The summed E-state index contributed by atoms with van der Waals surface area (Å²) in [5.41, 5.74) is 2.34. The van der Waals surface area contributed by atoms with Crippen molar-refractivity contribution in [1.82, 2.24) is 9.97 Å². The maximum atomic E-state index is 12.2. The van der Waals surface area contributed by atoms with Crippen molar-refractivity contribution in [2.45, 2.75) is 20.8 Å². The molecule has 0 aliphatic heterocycles. The Balaban J connectivity index is 0.000000549. The maximum Gasteiger partial charge on any atom is 0.357 e. The Morgan fingerprint density at radius 1 is 1.26 bits per heavy atom. The summed E-state index contributed by atoms with van der Waals surface area (Å²) in [6.07, 6.45) is 5.68. The van der Waals surface area contributed by atoms with Gasteiger partial charge in [0.25, 0.3) is 0 Å². The van der Waals surface area contributed by atoms with E-state index in [1.165, 1.54) is 30.6 Å². The Bertz CT molecular complexity index is 1020. The van der Waals surface area contributed by atoms with Crippen LogP contribution >= 0.6 is 11.3 Å². The molecule has 0 unspecified atom stereocenters. The summed E-state index contributed by atoms with van der Waals surface area (Å²) in [4.78, 5) is 29.9. The summed E-state index contributed by atoms with van der Waals surface area (Å²) in [5.74, 6) is -0.495. The van der Waals surface area contributed by atoms with E-state index in [-0.39, 0.29) is 11.8 Å². The number of benzene rings is 1. The second-order valence-corrected chi connectivity index (χ2v) is 6.38. The molecule has 0 saturated carbocycles. The minimum atomic E-state index is -0.371. The van der Waals surface area contributed by atoms with Crippen LogP contribution in [-0.4, -0.2) is 47.3 Å². The lowest BCUT2D eigenvalue weighted by Gasteiger charge is -1.98. The summed E-state index contributed by atoms with van der Waals surface area (Å²) in [6, 6.07) is 7.61. The van der Waals surface area contributed by atoms with Crippen LogP contribution in [0.3, 0.4) is 0 Å². The summed E-state index contributed by atoms with van der Waals surface area (Å²) in [6.45, 7) is 9.43. The minimum absolute atomic E-state index is 0.124. The summed E-state index contributed by atoms with van der Waals surface area (Å²) in [7, 11) is 2.34. The number of esters is 1. The number of nitrogens with zero attached hydrogens (tertiary/aromatic N) is 1. The number of aliphatic hydroxyl groups excluding tert-OH is 1. The quantitative estimate of drug-likeness (QED) is 0.169. The molecule has 0 radical (unpaired) electrons. The number of methoxy groups -OCH3 is 1. The van der Waals surface area contributed by atoms with Crippen LogP contribution in [0.1, 0.15) is 39.7 Å². The first-order valence-corrected chi connectivity index (χ1v) is 10.3. The van der Waals surface area contributed by atoms with Gasteiger partial charge < -0.3 is 20.2 Å². The van der Waals surface area contributed by atoms with Crippen LogP contribution in [0.2, 0.25) is 0 Å². The zero-order valence-electron chi connectivity index (χ0n) is 18.4. The van der Waals surface area contributed by atoms with E-state index < -0.39 is 0 Å². The van der Waals surface area contributed by atoms with Crippen molar-refractivity contribution < 1.29 is 19.4 Å². The van der Waals surface area contributed by atoms with Crippen molar-refractivity contribution in [2.24, 2.45) is 0 Å². The van der Waals surface area contributed by atoms with Gasteiger partial charge in [-0.05, 0) is 19.1 Å². The van der Waals surface area contributed by atoms with Crippen molar-refractivity contribution >= 4 is 40.2 Å². The third-order valence-electron chi connectivity index (χ3n) is 3.59. The standard InChI is InChI=1S/C14H12N2O.C6H7NO2S.C2H6.CH4O/c1-2-10(7-8-15)14(17)12-9-16-13-6-4-3-5-11(12)13;1-4-7-5(3-10-4)6(8)9-2;2*1-2/h2-9,15-16H,1H2;3H,1-2H3;1-2H3;2H,1H3/b10-7+,15-8?;;;. The smallest absolute Gasteiger partial charge is 0.357 e. The van der Waals surface area contributed by atoms with Gasteiger partial charge in [0.2, 0.25) is 0 Å². The van der Waals surface area contributed by atoms with Gasteiger partial charge >= 0.3 is 5.97 Å². The number of aromatic amines is 1. The molecular formula is C23H29N3O4S. The highest BCUT2D eigenvalue weighted by Crippen LogP contribution is 2.20. The number of carbonyl (C=O) groups is 2. The molecule has 0 amide bonds. The molecule has 0 saturated heterocycles. The molecule has 0 aliphatic rings. The predicted molar refractivity (Wildman–Crippen MR) is 127 cm³/mol. The zero-order valence-corrected chi connectivity index (χ0v) is 19.2. The number of ketones is 1. The molecule has 2 heterocycles. The molecular weight excluding hydrogens is 414 g/mol. The van der Waals surface area contributed by atoms with Crippen molar-refractivity contribution in [3.63, 3.8) is 0 Å². The topological polar surface area (TPSA) is 116 Å². The van der Waals surface area contributed by atoms with Crippen LogP contribution in [0.5, 0.6) is 0 Å². The first-order chi connectivity index (χ1) is 15.0. The number of fused-ring (bicyclic) bond motifs is 1. The number of aliphatic hydroxyl groups is 1. The molecule has 0 spiro atoms. The molecule has 31 heavy (non-hydrogen) atoms. The lowest BCUT2D eigenvalue weighted by Crippen LogP contribution is -2.00. The fraction of sp³-hybridized carbons (Fsp3) is 0.217. The number of H-pyrrole nitrogens is 1. The van der Waals surface area contributed by atoms with E-state index in [1.807, 2.05) is 45.0 Å². The Kier molecular flexibility index (Phi) is 13.8. The molecule has 8 heteroatoms. The van der Waals surface area contributed by atoms with Crippen molar-refractivity contribution in [2.75, 3.05) is 14.2 Å². The van der Waals surface area contributed by atoms with E-state index in [9.17, 15) is 9.59 Å². The van der Waals surface area contributed by atoms with E-state index in [2.05, 4.69) is 21.3 Å². The van der Waals surface area contributed by atoms with E-state index in [4.69, 9.17) is 10.5 Å². The number of allylic oxidation sites excluding steroid dienone is 3. The SMILES string of the molecule is C=C/C(=C\C=N)C(=O)c1c[nH]c2ccccc12.CC.CO.COC(=O)c1csc(C)n1. The number of aryl methyl sites for hydroxylation is 1. The largest absolute Gasteiger partial charge is 0.464 e. The highest BCUT2D eigenvalue weighted by Gasteiger charge is 2.13. The number of nitrogens with one attached hydrogen (secondary N) is 2. The molecule has 0 fully saturated rings. The van der Waals surface area contributed by atoms with Gasteiger partial charge in [-0.3, -0.25) is 4.79 Å². The molecule has 3 rings (SSSR count). The van der Waals surface area contributed by atoms with E-state index in [0.717, 1.165) is 29.2 Å². The number of thiazole rings is 1. The number of rotatable bonds is 5. The highest BCUT2D eigenvalue weighted by molar-refractivity contribution is 7.09. The third-order valence-corrected chi connectivity index (χ3v) is 4.37. The number of aromatic nitrogens is 2. The van der Waals surface area contributed by atoms with Gasteiger partial charge in [0.15, 0.2) is 11.5 Å². The molecule has 0 bridgehead atoms. The van der Waals surface area contributed by atoms with Gasteiger partial charge in [-0.15, -0.1) is 11.3 Å². The second-order valence-electron chi connectivity index (χ2n) is 5.31. The van der Waals surface area contributed by atoms with Gasteiger partial charge in [-0.25, -0.2) is 9.78 Å². The van der Waals surface area contributed by atoms with Crippen LogP contribution in [0.4, 0.5) is 0 Å². The third kappa shape index (κ3) is 8.12. The summed E-state index contributed by atoms with van der Waals surface area (Å²) in [5, 5.41) is 17.5. The van der Waals surface area contributed by atoms with Crippen molar-refractivity contribution in [3.05, 3.63) is 76.4 Å². The molecule has 3 aromatic rings. The molecule has 0 atom stereocenters. The molecule has 1 aromatic carbocycles. The maximum absolute atomic E-state index is 12.2. The van der Waals surface area contributed by atoms with Crippen LogP contribution in [0.25, 0.3) is 10.9 Å². The van der Waals surface area contributed by atoms with E-state index in [0.29, 0.717) is 16.8 Å². The average molecular weight is 444 g/mol. The van der Waals surface area contributed by atoms with Crippen molar-refractivity contribution in [3.8, 4) is 0 Å². The lowest BCUT2D eigenvalue weighted by molar-refractivity contribution is 0.0594. The Hall–Kier alpha value is -3.36. The Labute approximate surface area is 186 Å². The van der Waals surface area contributed by atoms with Crippen LogP contribution in [0.15, 0.2) is 60.1 Å². The number of carbonyl (C=O) groups excluding carboxylic acids is 2. The molecule has 0 aliphatic carbocycles. The molecule has 166 valence electrons. The number of ether oxygens (including phenoxy) is 1. The first kappa shape index (κ1) is 27.6. The zero-order chi connectivity index (χ0) is 23.8. The lowest BCUT2D eigenvalue weighted by atomic mass is 10.0. The second kappa shape index (κ2) is 15.5. The van der Waals surface area contributed by atoms with Crippen LogP contribution in [-0.2, 0) is 4.74 Å². The number of hydrogen-bond donors (Lipinski definition) is 3. The Morgan fingerprint density at radius 2 is 1.90 bits per heavy atom. The summed E-state index contributed by atoms with van der Waals surface area (Å²) >= 11 is 1.44. The fourth-order valence-corrected chi connectivity index (χ4v) is 2.89.